The van der Waals surface area contributed by atoms with E-state index in [1.54, 1.807) is 6.20 Å². The lowest BCUT2D eigenvalue weighted by Gasteiger charge is -2.32. The lowest BCUT2D eigenvalue weighted by Crippen LogP contribution is -2.39. The number of aryl methyl sites for hydroxylation is 1. The van der Waals surface area contributed by atoms with Crippen molar-refractivity contribution in [3.05, 3.63) is 66.2 Å². The Morgan fingerprint density at radius 2 is 2.03 bits per heavy atom. The number of nitrogens with one attached hydrogen (secondary N) is 1. The predicted molar refractivity (Wildman–Crippen MR) is 119 cm³/mol. The van der Waals surface area contributed by atoms with Gasteiger partial charge in [-0.1, -0.05) is 24.6 Å². The van der Waals surface area contributed by atoms with Gasteiger partial charge in [0, 0.05) is 55.1 Å². The molecule has 154 valence electrons. The van der Waals surface area contributed by atoms with Gasteiger partial charge in [0.05, 0.1) is 5.69 Å². The zero-order valence-corrected chi connectivity index (χ0v) is 17.5. The van der Waals surface area contributed by atoms with Crippen LogP contribution >= 0.6 is 0 Å². The minimum atomic E-state index is 0.129. The average molecular weight is 402 g/mol. The Kier molecular flexibility index (Phi) is 6.02. The lowest BCUT2D eigenvalue weighted by molar-refractivity contribution is -0.132. The Morgan fingerprint density at radius 1 is 1.20 bits per heavy atom. The largest absolute Gasteiger partial charge is 0.342 e. The molecule has 3 aromatic rings. The molecular formula is C24H27N5O. The van der Waals surface area contributed by atoms with Gasteiger partial charge in [-0.05, 0) is 44.0 Å². The van der Waals surface area contributed by atoms with Gasteiger partial charge in [-0.25, -0.2) is 9.97 Å². The quantitative estimate of drug-likeness (QED) is 0.671. The van der Waals surface area contributed by atoms with Gasteiger partial charge >= 0.3 is 0 Å². The molecule has 1 amide bonds. The molecule has 1 N–H and O–H groups in total. The Hall–Kier alpha value is -3.28. The maximum absolute atomic E-state index is 12.2. The summed E-state index contributed by atoms with van der Waals surface area (Å²) in [6.45, 7) is 5.47. The number of aromatic nitrogens is 3. The van der Waals surface area contributed by atoms with Crippen LogP contribution in [0.15, 0.2) is 54.9 Å². The van der Waals surface area contributed by atoms with Gasteiger partial charge in [0.1, 0.15) is 11.6 Å². The Morgan fingerprint density at radius 3 is 2.77 bits per heavy atom. The number of hydrogen-bond acceptors (Lipinski definition) is 5. The number of hydrogen-bond donors (Lipinski definition) is 1. The van der Waals surface area contributed by atoms with Crippen molar-refractivity contribution < 1.29 is 4.79 Å². The number of rotatable bonds is 5. The molecule has 6 heteroatoms. The van der Waals surface area contributed by atoms with E-state index in [0.29, 0.717) is 13.0 Å². The maximum atomic E-state index is 12.2. The highest BCUT2D eigenvalue weighted by molar-refractivity contribution is 5.76. The maximum Gasteiger partial charge on any atom is 0.222 e. The van der Waals surface area contributed by atoms with Crippen LogP contribution in [-0.4, -0.2) is 38.8 Å². The third-order valence-corrected chi connectivity index (χ3v) is 5.47. The monoisotopic (exact) mass is 401 g/mol. The van der Waals surface area contributed by atoms with Crippen LogP contribution in [0, 0.1) is 6.92 Å². The van der Waals surface area contributed by atoms with Crippen molar-refractivity contribution in [3.8, 4) is 11.3 Å². The molecule has 2 aromatic heterocycles. The lowest BCUT2D eigenvalue weighted by atomic mass is 9.96. The second-order valence-electron chi connectivity index (χ2n) is 7.76. The molecule has 3 heterocycles. The van der Waals surface area contributed by atoms with Gasteiger partial charge < -0.3 is 10.2 Å². The summed E-state index contributed by atoms with van der Waals surface area (Å²) in [5, 5.41) is 3.41. The third kappa shape index (κ3) is 4.64. The van der Waals surface area contributed by atoms with Crippen LogP contribution in [0.4, 0.5) is 11.5 Å². The number of carbonyl (C=O) groups is 1. The molecule has 0 bridgehead atoms. The first-order valence-corrected chi connectivity index (χ1v) is 10.5. The summed E-state index contributed by atoms with van der Waals surface area (Å²) < 4.78 is 0. The number of anilines is 2. The summed E-state index contributed by atoms with van der Waals surface area (Å²) in [5.74, 6) is 1.85. The second kappa shape index (κ2) is 9.03. The van der Waals surface area contributed by atoms with Crippen LogP contribution in [0.2, 0.25) is 0 Å². The average Bonchev–Trinajstić information content (AvgIpc) is 2.80. The molecule has 0 aliphatic carbocycles. The first kappa shape index (κ1) is 20.0. The number of amides is 1. The predicted octanol–water partition coefficient (Wildman–Crippen LogP) is 4.71. The van der Waals surface area contributed by atoms with Crippen molar-refractivity contribution in [2.75, 3.05) is 18.4 Å². The molecule has 1 unspecified atom stereocenters. The normalized spacial score (nSPS) is 16.3. The highest BCUT2D eigenvalue weighted by Crippen LogP contribution is 2.29. The van der Waals surface area contributed by atoms with E-state index in [4.69, 9.17) is 9.97 Å². The molecule has 1 atom stereocenters. The van der Waals surface area contributed by atoms with Crippen molar-refractivity contribution in [2.24, 2.45) is 0 Å². The minimum Gasteiger partial charge on any atom is -0.342 e. The number of piperidine rings is 1. The van der Waals surface area contributed by atoms with E-state index in [9.17, 15) is 4.79 Å². The zero-order chi connectivity index (χ0) is 20.9. The van der Waals surface area contributed by atoms with E-state index < -0.39 is 0 Å². The van der Waals surface area contributed by atoms with E-state index in [-0.39, 0.29) is 11.8 Å². The van der Waals surface area contributed by atoms with Crippen molar-refractivity contribution >= 4 is 17.4 Å². The number of pyridine rings is 1. The fourth-order valence-electron chi connectivity index (χ4n) is 3.80. The highest BCUT2D eigenvalue weighted by Gasteiger charge is 2.26. The molecular weight excluding hydrogens is 374 g/mol. The fraction of sp³-hybridized carbons (Fsp3) is 0.333. The van der Waals surface area contributed by atoms with Crippen molar-refractivity contribution in [1.29, 1.82) is 0 Å². The van der Waals surface area contributed by atoms with Gasteiger partial charge in [0.25, 0.3) is 0 Å². The van der Waals surface area contributed by atoms with Crippen LogP contribution in [-0.2, 0) is 4.79 Å². The molecule has 1 aliphatic rings. The summed E-state index contributed by atoms with van der Waals surface area (Å²) in [7, 11) is 0. The number of carbonyl (C=O) groups excluding carboxylic acids is 1. The summed E-state index contributed by atoms with van der Waals surface area (Å²) in [6, 6.07) is 14.1. The minimum absolute atomic E-state index is 0.129. The number of benzene rings is 1. The summed E-state index contributed by atoms with van der Waals surface area (Å²) >= 11 is 0. The van der Waals surface area contributed by atoms with Gasteiger partial charge in [-0.2, -0.15) is 0 Å². The van der Waals surface area contributed by atoms with Crippen LogP contribution in [0.1, 0.15) is 43.5 Å². The SMILES string of the molecule is CCC(=O)N1CCCC(c2nc(Nc3ccc(C)cc3)cc(-c3cccnc3)n2)C1. The van der Waals surface area contributed by atoms with E-state index in [1.807, 2.05) is 48.4 Å². The summed E-state index contributed by atoms with van der Waals surface area (Å²) in [4.78, 5) is 28.1. The molecule has 0 saturated carbocycles. The highest BCUT2D eigenvalue weighted by atomic mass is 16.2. The van der Waals surface area contributed by atoms with E-state index in [2.05, 4.69) is 29.4 Å². The molecule has 1 fully saturated rings. The second-order valence-corrected chi connectivity index (χ2v) is 7.76. The van der Waals surface area contributed by atoms with Crippen LogP contribution < -0.4 is 5.32 Å². The summed E-state index contributed by atoms with van der Waals surface area (Å²) in [5.41, 5.74) is 3.98. The van der Waals surface area contributed by atoms with Crippen molar-refractivity contribution in [3.63, 3.8) is 0 Å². The molecule has 4 rings (SSSR count). The Labute approximate surface area is 177 Å². The molecule has 30 heavy (non-hydrogen) atoms. The van der Waals surface area contributed by atoms with Crippen molar-refractivity contribution in [2.45, 2.75) is 39.0 Å². The molecule has 0 spiro atoms. The Balaban J connectivity index is 1.68. The Bertz CT molecular complexity index is 1000. The van der Waals surface area contributed by atoms with Crippen LogP contribution in [0.5, 0.6) is 0 Å². The fourth-order valence-corrected chi connectivity index (χ4v) is 3.80. The van der Waals surface area contributed by atoms with Crippen LogP contribution in [0.3, 0.4) is 0 Å². The van der Waals surface area contributed by atoms with Gasteiger partial charge in [-0.15, -0.1) is 0 Å². The number of nitrogens with zero attached hydrogens (tertiary/aromatic N) is 4. The van der Waals surface area contributed by atoms with Crippen LogP contribution in [0.25, 0.3) is 11.3 Å². The van der Waals surface area contributed by atoms with E-state index >= 15 is 0 Å². The molecule has 1 aliphatic heterocycles. The van der Waals surface area contributed by atoms with E-state index in [1.165, 1.54) is 5.56 Å². The van der Waals surface area contributed by atoms with Gasteiger partial charge in [-0.3, -0.25) is 9.78 Å². The third-order valence-electron chi connectivity index (χ3n) is 5.47. The zero-order valence-electron chi connectivity index (χ0n) is 17.5. The molecule has 6 nitrogen and oxygen atoms in total. The summed E-state index contributed by atoms with van der Waals surface area (Å²) in [6.07, 6.45) is 6.05. The number of likely N-dealkylation sites (tertiary alicyclic amines) is 1. The molecule has 1 saturated heterocycles. The first-order chi connectivity index (χ1) is 14.6. The first-order valence-electron chi connectivity index (χ1n) is 10.5. The molecule has 1 aromatic carbocycles. The van der Waals surface area contributed by atoms with Crippen molar-refractivity contribution in [1.82, 2.24) is 19.9 Å². The standard InChI is InChI=1S/C24H27N5O/c1-3-23(30)29-13-5-7-19(16-29)24-27-21(18-6-4-12-25-15-18)14-22(28-24)26-20-10-8-17(2)9-11-20/h4,6,8-12,14-15,19H,3,5,7,13,16H2,1-2H3,(H,26,27,28). The topological polar surface area (TPSA) is 71.0 Å². The van der Waals surface area contributed by atoms with Gasteiger partial charge in [0.2, 0.25) is 5.91 Å². The van der Waals surface area contributed by atoms with E-state index in [0.717, 1.165) is 48.0 Å². The smallest absolute Gasteiger partial charge is 0.222 e. The molecule has 0 radical (unpaired) electrons. The van der Waals surface area contributed by atoms with Gasteiger partial charge in [0.15, 0.2) is 0 Å².